The first-order valence-corrected chi connectivity index (χ1v) is 27.7. The fraction of sp³-hybridized carbons (Fsp3) is 0.603. The summed E-state index contributed by atoms with van der Waals surface area (Å²) in [5, 5.41) is 0. The number of carbonyl (C=O) groups excluding carboxylic acids is 3. The zero-order chi connectivity index (χ0) is 50.0. The van der Waals surface area contributed by atoms with Crippen molar-refractivity contribution >= 4 is 17.9 Å². The molecule has 0 amide bonds. The molecule has 0 bridgehead atoms. The van der Waals surface area contributed by atoms with Gasteiger partial charge < -0.3 is 14.2 Å². The van der Waals surface area contributed by atoms with E-state index in [-0.39, 0.29) is 44.0 Å². The highest BCUT2D eigenvalue weighted by atomic mass is 16.6. The van der Waals surface area contributed by atoms with E-state index < -0.39 is 6.10 Å². The third-order valence-electron chi connectivity index (χ3n) is 11.2. The van der Waals surface area contributed by atoms with Crippen molar-refractivity contribution in [2.45, 2.75) is 232 Å². The third-order valence-corrected chi connectivity index (χ3v) is 11.2. The van der Waals surface area contributed by atoms with E-state index in [0.29, 0.717) is 19.3 Å². The lowest BCUT2D eigenvalue weighted by atomic mass is 10.0. The molecule has 69 heavy (non-hydrogen) atoms. The van der Waals surface area contributed by atoms with Crippen LogP contribution in [0.25, 0.3) is 0 Å². The Morgan fingerprint density at radius 1 is 0.304 bits per heavy atom. The van der Waals surface area contributed by atoms with E-state index >= 15 is 0 Å². The van der Waals surface area contributed by atoms with Crippen LogP contribution in [0.3, 0.4) is 0 Å². The van der Waals surface area contributed by atoms with Crippen molar-refractivity contribution in [3.63, 3.8) is 0 Å². The van der Waals surface area contributed by atoms with Crippen LogP contribution in [-0.2, 0) is 28.6 Å². The van der Waals surface area contributed by atoms with Crippen LogP contribution in [0.15, 0.2) is 134 Å². The van der Waals surface area contributed by atoms with Crippen LogP contribution >= 0.6 is 0 Å². The monoisotopic (exact) mass is 953 g/mol. The molecule has 0 aliphatic heterocycles. The normalized spacial score (nSPS) is 13.1. The molecule has 0 fully saturated rings. The molecule has 0 saturated carbocycles. The van der Waals surface area contributed by atoms with Crippen molar-refractivity contribution in [2.24, 2.45) is 0 Å². The molecule has 0 aromatic heterocycles. The maximum atomic E-state index is 12.8. The van der Waals surface area contributed by atoms with Crippen LogP contribution in [0.1, 0.15) is 226 Å². The molecule has 0 saturated heterocycles. The van der Waals surface area contributed by atoms with Crippen molar-refractivity contribution in [2.75, 3.05) is 13.2 Å². The number of rotatable bonds is 48. The molecule has 0 aliphatic rings. The van der Waals surface area contributed by atoms with Gasteiger partial charge in [-0.05, 0) is 103 Å². The Bertz CT molecular complexity index is 1510. The van der Waals surface area contributed by atoms with E-state index in [4.69, 9.17) is 14.2 Å². The average Bonchev–Trinajstić information content (AvgIpc) is 3.35. The summed E-state index contributed by atoms with van der Waals surface area (Å²) in [6.45, 7) is 6.31. The van der Waals surface area contributed by atoms with Crippen LogP contribution in [0.4, 0.5) is 0 Å². The van der Waals surface area contributed by atoms with Gasteiger partial charge in [0, 0.05) is 19.3 Å². The number of hydrogen-bond donors (Lipinski definition) is 0. The van der Waals surface area contributed by atoms with Crippen LogP contribution < -0.4 is 0 Å². The number of allylic oxidation sites excluding steroid dienone is 22. The van der Waals surface area contributed by atoms with Gasteiger partial charge in [0.25, 0.3) is 0 Å². The Balaban J connectivity index is 4.58. The predicted octanol–water partition coefficient (Wildman–Crippen LogP) is 18.6. The molecule has 388 valence electrons. The molecular formula is C63H100O6. The highest BCUT2D eigenvalue weighted by Crippen LogP contribution is 2.14. The Kier molecular flexibility index (Phi) is 52.5. The highest BCUT2D eigenvalue weighted by Gasteiger charge is 2.19. The molecule has 6 heteroatoms. The molecule has 0 rings (SSSR count). The quantitative estimate of drug-likeness (QED) is 0.0262. The number of esters is 3. The zero-order valence-corrected chi connectivity index (χ0v) is 44.3. The maximum Gasteiger partial charge on any atom is 0.306 e. The summed E-state index contributed by atoms with van der Waals surface area (Å²) >= 11 is 0. The van der Waals surface area contributed by atoms with Gasteiger partial charge >= 0.3 is 17.9 Å². The Morgan fingerprint density at radius 3 is 0.971 bits per heavy atom. The highest BCUT2D eigenvalue weighted by molar-refractivity contribution is 5.71. The van der Waals surface area contributed by atoms with Crippen LogP contribution in [0, 0.1) is 0 Å². The number of unbranched alkanes of at least 4 members (excludes halogenated alkanes) is 15. The van der Waals surface area contributed by atoms with Gasteiger partial charge in [-0.15, -0.1) is 0 Å². The summed E-state index contributed by atoms with van der Waals surface area (Å²) in [6, 6.07) is 0. The summed E-state index contributed by atoms with van der Waals surface area (Å²) in [6.07, 6.45) is 78.8. The van der Waals surface area contributed by atoms with Crippen LogP contribution in [-0.4, -0.2) is 37.2 Å². The van der Waals surface area contributed by atoms with Gasteiger partial charge in [-0.2, -0.15) is 0 Å². The molecule has 0 heterocycles. The lowest BCUT2D eigenvalue weighted by Crippen LogP contribution is -2.30. The average molecular weight is 953 g/mol. The summed E-state index contributed by atoms with van der Waals surface area (Å²) < 4.78 is 16.7. The molecule has 1 atom stereocenters. The number of carbonyl (C=O) groups is 3. The second-order valence-electron chi connectivity index (χ2n) is 17.7. The van der Waals surface area contributed by atoms with Crippen LogP contribution in [0.2, 0.25) is 0 Å². The molecule has 0 spiro atoms. The molecule has 0 aliphatic carbocycles. The number of hydrogen-bond acceptors (Lipinski definition) is 6. The van der Waals surface area contributed by atoms with Crippen molar-refractivity contribution in [1.82, 2.24) is 0 Å². The van der Waals surface area contributed by atoms with Gasteiger partial charge in [-0.3, -0.25) is 14.4 Å². The van der Waals surface area contributed by atoms with E-state index in [2.05, 4.69) is 142 Å². The van der Waals surface area contributed by atoms with Gasteiger partial charge in [0.2, 0.25) is 0 Å². The zero-order valence-electron chi connectivity index (χ0n) is 44.3. The Hall–Kier alpha value is -4.45. The van der Waals surface area contributed by atoms with Crippen molar-refractivity contribution in [3.8, 4) is 0 Å². The standard InChI is InChI=1S/C63H100O6/c1-4-7-10-13-16-19-22-25-27-29-31-33-35-38-41-44-47-50-53-56-62(65)68-59-60(58-67-61(64)55-52-49-46-43-40-37-24-21-18-15-12-9-6-3)69-63(66)57-54-51-48-45-42-39-36-34-32-30-28-26-23-20-17-14-11-8-5-2/h7-8,10-11,16-17,19-20,25-28,31-34,38-39,41-42,47,50,60H,4-6,9,12-15,18,21-24,29-30,35-37,40,43-46,48-49,51-59H2,1-3H3/b10-7+,11-8+,19-16+,20-17+,27-25+,28-26+,33-31+,34-32+,41-38+,42-39+,50-47+/t60-/m1/s1. The van der Waals surface area contributed by atoms with Crippen molar-refractivity contribution in [3.05, 3.63) is 134 Å². The smallest absolute Gasteiger partial charge is 0.306 e. The molecule has 0 radical (unpaired) electrons. The molecule has 0 N–H and O–H groups in total. The second kappa shape index (κ2) is 56.1. The second-order valence-corrected chi connectivity index (χ2v) is 17.7. The first kappa shape index (κ1) is 64.5. The lowest BCUT2D eigenvalue weighted by Gasteiger charge is -2.18. The minimum absolute atomic E-state index is 0.118. The Morgan fingerprint density at radius 2 is 0.594 bits per heavy atom. The largest absolute Gasteiger partial charge is 0.462 e. The van der Waals surface area contributed by atoms with E-state index in [1.807, 2.05) is 12.2 Å². The SMILES string of the molecule is CC/C=C/C/C=C/C/C=C/C/C=C/C/C=C/C/C=C/CCC(=O)OC[C@@H](COC(=O)CCCCCCCCCCCCCCC)OC(=O)CCCCC/C=C/C/C=C/C/C=C/C/C=C/C/C=C/CC. The predicted molar refractivity (Wildman–Crippen MR) is 297 cm³/mol. The maximum absolute atomic E-state index is 12.8. The number of ether oxygens (including phenoxy) is 3. The van der Waals surface area contributed by atoms with Gasteiger partial charge in [-0.1, -0.05) is 238 Å². The van der Waals surface area contributed by atoms with Crippen molar-refractivity contribution in [1.29, 1.82) is 0 Å². The summed E-state index contributed by atoms with van der Waals surface area (Å²) in [5.74, 6) is -1.04. The van der Waals surface area contributed by atoms with Crippen LogP contribution in [0.5, 0.6) is 0 Å². The summed E-state index contributed by atoms with van der Waals surface area (Å²) in [5.41, 5.74) is 0. The van der Waals surface area contributed by atoms with E-state index in [1.54, 1.807) is 0 Å². The first-order chi connectivity index (χ1) is 34.0. The Labute approximate surface area is 424 Å². The summed E-state index contributed by atoms with van der Waals surface area (Å²) in [4.78, 5) is 38.1. The van der Waals surface area contributed by atoms with Gasteiger partial charge in [-0.25, -0.2) is 0 Å². The van der Waals surface area contributed by atoms with Gasteiger partial charge in [0.1, 0.15) is 13.2 Å². The first-order valence-electron chi connectivity index (χ1n) is 27.7. The molecule has 0 unspecified atom stereocenters. The van der Waals surface area contributed by atoms with Gasteiger partial charge in [0.05, 0.1) is 0 Å². The topological polar surface area (TPSA) is 78.9 Å². The molecule has 0 aromatic rings. The minimum Gasteiger partial charge on any atom is -0.462 e. The molecule has 0 aromatic carbocycles. The third kappa shape index (κ3) is 54.4. The lowest BCUT2D eigenvalue weighted by molar-refractivity contribution is -0.166. The van der Waals surface area contributed by atoms with E-state index in [1.165, 1.54) is 64.2 Å². The van der Waals surface area contributed by atoms with E-state index in [9.17, 15) is 14.4 Å². The van der Waals surface area contributed by atoms with E-state index in [0.717, 1.165) is 109 Å². The molecule has 6 nitrogen and oxygen atoms in total. The fourth-order valence-corrected chi connectivity index (χ4v) is 7.08. The fourth-order valence-electron chi connectivity index (χ4n) is 7.08. The molecular weight excluding hydrogens is 853 g/mol. The minimum atomic E-state index is -0.829. The summed E-state index contributed by atoms with van der Waals surface area (Å²) in [7, 11) is 0. The van der Waals surface area contributed by atoms with Crippen molar-refractivity contribution < 1.29 is 28.6 Å². The van der Waals surface area contributed by atoms with Gasteiger partial charge in [0.15, 0.2) is 6.10 Å².